The Morgan fingerprint density at radius 2 is 2.04 bits per heavy atom. The smallest absolute Gasteiger partial charge is 0.141 e. The van der Waals surface area contributed by atoms with Crippen LogP contribution in [0, 0.1) is 0 Å². The minimum atomic E-state index is -0.320. The van der Waals surface area contributed by atoms with Crippen LogP contribution < -0.4 is 4.90 Å². The molecule has 0 aliphatic carbocycles. The number of benzene rings is 1. The number of ether oxygens (including phenoxy) is 1. The average molecular weight is 339 g/mol. The molecule has 4 rings (SSSR count). The van der Waals surface area contributed by atoms with Crippen molar-refractivity contribution in [2.45, 2.75) is 25.9 Å². The number of anilines is 1. The van der Waals surface area contributed by atoms with E-state index in [1.54, 1.807) is 11.3 Å². The zero-order valence-electron chi connectivity index (χ0n) is 14.0. The topological polar surface area (TPSA) is 38.2 Å². The van der Waals surface area contributed by atoms with E-state index in [4.69, 9.17) is 9.72 Å². The molecule has 124 valence electrons. The molecule has 1 fully saturated rings. The molecule has 2 aromatic heterocycles. The van der Waals surface area contributed by atoms with Gasteiger partial charge >= 0.3 is 0 Å². The standard InChI is InChI=1S/C19H21N3OS/c1-3-16-20-17(15-9-12-24-18(15)21-16)22-10-11-23-19(2,13-22)14-7-5-4-6-8-14/h4-9,12H,3,10-11,13H2,1-2H3. The maximum Gasteiger partial charge on any atom is 0.141 e. The fraction of sp³-hybridized carbons (Fsp3) is 0.368. The second-order valence-corrected chi connectivity index (χ2v) is 7.22. The second-order valence-electron chi connectivity index (χ2n) is 6.32. The van der Waals surface area contributed by atoms with Crippen LogP contribution in [0.1, 0.15) is 25.2 Å². The van der Waals surface area contributed by atoms with Gasteiger partial charge in [0.2, 0.25) is 0 Å². The van der Waals surface area contributed by atoms with Crippen LogP contribution in [0.3, 0.4) is 0 Å². The molecular weight excluding hydrogens is 318 g/mol. The number of aromatic nitrogens is 2. The Hall–Kier alpha value is -1.98. The molecule has 3 aromatic rings. The third-order valence-electron chi connectivity index (χ3n) is 4.63. The first-order chi connectivity index (χ1) is 11.7. The molecule has 1 aromatic carbocycles. The summed E-state index contributed by atoms with van der Waals surface area (Å²) in [7, 11) is 0. The van der Waals surface area contributed by atoms with E-state index in [0.717, 1.165) is 41.4 Å². The summed E-state index contributed by atoms with van der Waals surface area (Å²) in [5, 5.41) is 3.24. The summed E-state index contributed by atoms with van der Waals surface area (Å²) in [6.07, 6.45) is 0.848. The molecule has 0 radical (unpaired) electrons. The van der Waals surface area contributed by atoms with Crippen molar-refractivity contribution < 1.29 is 4.74 Å². The highest BCUT2D eigenvalue weighted by Crippen LogP contribution is 2.34. The highest BCUT2D eigenvalue weighted by atomic mass is 32.1. The monoisotopic (exact) mass is 339 g/mol. The van der Waals surface area contributed by atoms with Gasteiger partial charge in [0.15, 0.2) is 0 Å². The van der Waals surface area contributed by atoms with Gasteiger partial charge < -0.3 is 9.64 Å². The third-order valence-corrected chi connectivity index (χ3v) is 5.43. The fourth-order valence-corrected chi connectivity index (χ4v) is 4.08. The summed E-state index contributed by atoms with van der Waals surface area (Å²) < 4.78 is 6.17. The molecular formula is C19H21N3OS. The van der Waals surface area contributed by atoms with Crippen LogP contribution in [0.4, 0.5) is 5.82 Å². The highest BCUT2D eigenvalue weighted by molar-refractivity contribution is 7.16. The van der Waals surface area contributed by atoms with E-state index in [-0.39, 0.29) is 5.60 Å². The van der Waals surface area contributed by atoms with Gasteiger partial charge in [-0.05, 0) is 23.9 Å². The third kappa shape index (κ3) is 2.68. The van der Waals surface area contributed by atoms with Gasteiger partial charge in [-0.25, -0.2) is 9.97 Å². The zero-order valence-corrected chi connectivity index (χ0v) is 14.8. The van der Waals surface area contributed by atoms with E-state index in [9.17, 15) is 0 Å². The molecule has 0 N–H and O–H groups in total. The minimum Gasteiger partial charge on any atom is -0.367 e. The lowest BCUT2D eigenvalue weighted by atomic mass is 9.94. The van der Waals surface area contributed by atoms with Crippen LogP contribution in [0.25, 0.3) is 10.2 Å². The zero-order chi connectivity index (χ0) is 16.6. The molecule has 3 heterocycles. The number of nitrogens with zero attached hydrogens (tertiary/aromatic N) is 3. The van der Waals surface area contributed by atoms with E-state index in [0.29, 0.717) is 6.61 Å². The predicted octanol–water partition coefficient (Wildman–Crippen LogP) is 4.01. The van der Waals surface area contributed by atoms with Crippen molar-refractivity contribution in [1.82, 2.24) is 9.97 Å². The normalized spacial score (nSPS) is 21.3. The van der Waals surface area contributed by atoms with Crippen molar-refractivity contribution in [2.75, 3.05) is 24.6 Å². The van der Waals surface area contributed by atoms with Crippen molar-refractivity contribution in [3.8, 4) is 0 Å². The van der Waals surface area contributed by atoms with Crippen LogP contribution in [0.15, 0.2) is 41.8 Å². The van der Waals surface area contributed by atoms with Gasteiger partial charge in [-0.15, -0.1) is 11.3 Å². The lowest BCUT2D eigenvalue weighted by Gasteiger charge is -2.41. The first-order valence-corrected chi connectivity index (χ1v) is 9.26. The molecule has 1 aliphatic rings. The number of aryl methyl sites for hydroxylation is 1. The molecule has 1 atom stereocenters. The van der Waals surface area contributed by atoms with Gasteiger partial charge in [0.1, 0.15) is 22.1 Å². The first kappa shape index (κ1) is 15.5. The van der Waals surface area contributed by atoms with Crippen LogP contribution >= 0.6 is 11.3 Å². The van der Waals surface area contributed by atoms with E-state index in [2.05, 4.69) is 59.4 Å². The van der Waals surface area contributed by atoms with E-state index < -0.39 is 0 Å². The average Bonchev–Trinajstić information content (AvgIpc) is 3.10. The maximum atomic E-state index is 6.17. The van der Waals surface area contributed by atoms with Crippen molar-refractivity contribution in [3.05, 3.63) is 53.2 Å². The molecule has 0 amide bonds. The summed E-state index contributed by atoms with van der Waals surface area (Å²) in [5.41, 5.74) is 0.889. The number of hydrogen-bond donors (Lipinski definition) is 0. The Balaban J connectivity index is 1.73. The molecule has 0 saturated carbocycles. The quantitative estimate of drug-likeness (QED) is 0.723. The molecule has 1 saturated heterocycles. The van der Waals surface area contributed by atoms with E-state index >= 15 is 0 Å². The van der Waals surface area contributed by atoms with Crippen molar-refractivity contribution in [1.29, 1.82) is 0 Å². The van der Waals surface area contributed by atoms with Gasteiger partial charge in [0.05, 0.1) is 18.5 Å². The fourth-order valence-electron chi connectivity index (χ4n) is 3.30. The van der Waals surface area contributed by atoms with Crippen LogP contribution in [-0.2, 0) is 16.8 Å². The largest absolute Gasteiger partial charge is 0.367 e. The molecule has 1 aliphatic heterocycles. The summed E-state index contributed by atoms with van der Waals surface area (Å²) in [6, 6.07) is 12.6. The molecule has 1 unspecified atom stereocenters. The molecule has 0 bridgehead atoms. The van der Waals surface area contributed by atoms with Gasteiger partial charge in [-0.3, -0.25) is 0 Å². The number of fused-ring (bicyclic) bond motifs is 1. The summed E-state index contributed by atoms with van der Waals surface area (Å²) in [5.74, 6) is 1.96. The molecule has 5 heteroatoms. The van der Waals surface area contributed by atoms with Crippen LogP contribution in [-0.4, -0.2) is 29.7 Å². The first-order valence-electron chi connectivity index (χ1n) is 8.38. The van der Waals surface area contributed by atoms with Gasteiger partial charge in [-0.1, -0.05) is 37.3 Å². The number of morpholine rings is 1. The summed E-state index contributed by atoms with van der Waals surface area (Å²) in [4.78, 5) is 12.9. The minimum absolute atomic E-state index is 0.320. The van der Waals surface area contributed by atoms with Gasteiger partial charge in [0, 0.05) is 13.0 Å². The van der Waals surface area contributed by atoms with E-state index in [1.165, 1.54) is 5.56 Å². The van der Waals surface area contributed by atoms with E-state index in [1.807, 2.05) is 6.07 Å². The Labute approximate surface area is 146 Å². The predicted molar refractivity (Wildman–Crippen MR) is 98.8 cm³/mol. The second kappa shape index (κ2) is 6.15. The highest BCUT2D eigenvalue weighted by Gasteiger charge is 2.35. The lowest BCUT2D eigenvalue weighted by Crippen LogP contribution is -2.48. The summed E-state index contributed by atoms with van der Waals surface area (Å²) in [6.45, 7) is 6.62. The Kier molecular flexibility index (Phi) is 3.98. The molecule has 24 heavy (non-hydrogen) atoms. The number of thiophene rings is 1. The maximum absolute atomic E-state index is 6.17. The lowest BCUT2D eigenvalue weighted by molar-refractivity contribution is -0.0467. The van der Waals surface area contributed by atoms with Crippen molar-refractivity contribution in [3.63, 3.8) is 0 Å². The Morgan fingerprint density at radius 1 is 1.21 bits per heavy atom. The molecule has 4 nitrogen and oxygen atoms in total. The number of hydrogen-bond acceptors (Lipinski definition) is 5. The van der Waals surface area contributed by atoms with Crippen LogP contribution in [0.2, 0.25) is 0 Å². The molecule has 0 spiro atoms. The van der Waals surface area contributed by atoms with Crippen molar-refractivity contribution in [2.24, 2.45) is 0 Å². The Morgan fingerprint density at radius 3 is 2.83 bits per heavy atom. The van der Waals surface area contributed by atoms with Crippen molar-refractivity contribution >= 4 is 27.4 Å². The Bertz CT molecular complexity index is 848. The van der Waals surface area contributed by atoms with Gasteiger partial charge in [0.25, 0.3) is 0 Å². The van der Waals surface area contributed by atoms with Crippen LogP contribution in [0.5, 0.6) is 0 Å². The SMILES string of the molecule is CCc1nc(N2CCOC(C)(c3ccccc3)C2)c2ccsc2n1. The van der Waals surface area contributed by atoms with Gasteiger partial charge in [-0.2, -0.15) is 0 Å². The summed E-state index contributed by atoms with van der Waals surface area (Å²) >= 11 is 1.68. The number of rotatable bonds is 3.